The van der Waals surface area contributed by atoms with E-state index in [2.05, 4.69) is 10.6 Å². The van der Waals surface area contributed by atoms with Crippen molar-refractivity contribution >= 4 is 23.6 Å². The molecule has 0 aliphatic heterocycles. The van der Waals surface area contributed by atoms with Gasteiger partial charge in [-0.25, -0.2) is 9.59 Å². The van der Waals surface area contributed by atoms with Gasteiger partial charge in [0.25, 0.3) is 0 Å². The van der Waals surface area contributed by atoms with Gasteiger partial charge in [0, 0.05) is 11.4 Å². The van der Waals surface area contributed by atoms with Crippen molar-refractivity contribution in [1.82, 2.24) is 0 Å². The van der Waals surface area contributed by atoms with Crippen LogP contribution >= 0.6 is 0 Å². The number of aliphatic hydroxyl groups is 3. The minimum absolute atomic E-state index is 0.00939. The van der Waals surface area contributed by atoms with Crippen molar-refractivity contribution in [3.05, 3.63) is 47.9 Å². The number of ether oxygens (including phenoxy) is 2. The summed E-state index contributed by atoms with van der Waals surface area (Å²) < 4.78 is 9.76. The van der Waals surface area contributed by atoms with Gasteiger partial charge in [-0.1, -0.05) is 12.1 Å². The van der Waals surface area contributed by atoms with Crippen LogP contribution in [0.4, 0.5) is 21.0 Å². The van der Waals surface area contributed by atoms with Gasteiger partial charge in [0.2, 0.25) is 0 Å². The fourth-order valence-corrected chi connectivity index (χ4v) is 1.72. The molecule has 0 spiro atoms. The Kier molecular flexibility index (Phi) is 8.51. The molecule has 142 valence electrons. The molecule has 1 aromatic rings. The Morgan fingerprint density at radius 3 is 2.62 bits per heavy atom. The standard InChI is InChI=1S/C17H22N2O7/c1-11-5-6-13(18-17(24)26-12(2)15(22)10-21)9-14(11)19-16(23)25-8-4-3-7-20/h3-6,9-10,12,20-22H,7-8H2,1-2H3,(H,18,24)(H,19,23)/b4-3?,15-10-. The number of rotatable bonds is 7. The van der Waals surface area contributed by atoms with Crippen molar-refractivity contribution < 1.29 is 34.4 Å². The lowest BCUT2D eigenvalue weighted by atomic mass is 10.2. The monoisotopic (exact) mass is 366 g/mol. The highest BCUT2D eigenvalue weighted by Crippen LogP contribution is 2.21. The predicted octanol–water partition coefficient (Wildman–Crippen LogP) is 2.99. The van der Waals surface area contributed by atoms with E-state index in [-0.39, 0.29) is 13.2 Å². The van der Waals surface area contributed by atoms with Gasteiger partial charge in [-0.05, 0) is 37.6 Å². The summed E-state index contributed by atoms with van der Waals surface area (Å²) in [5, 5.41) is 31.5. The van der Waals surface area contributed by atoms with Gasteiger partial charge in [-0.15, -0.1) is 0 Å². The van der Waals surface area contributed by atoms with Crippen molar-refractivity contribution in [3.8, 4) is 0 Å². The molecule has 5 N–H and O–H groups in total. The first-order chi connectivity index (χ1) is 12.4. The molecular weight excluding hydrogens is 344 g/mol. The van der Waals surface area contributed by atoms with Crippen LogP contribution in [-0.2, 0) is 9.47 Å². The van der Waals surface area contributed by atoms with E-state index in [1.54, 1.807) is 19.1 Å². The average Bonchev–Trinajstić information content (AvgIpc) is 2.60. The molecule has 0 fully saturated rings. The number of carbonyl (C=O) groups excluding carboxylic acids is 2. The van der Waals surface area contributed by atoms with Crippen molar-refractivity contribution in [1.29, 1.82) is 0 Å². The first kappa shape index (κ1) is 20.8. The molecule has 1 aromatic carbocycles. The molecular formula is C17H22N2O7. The van der Waals surface area contributed by atoms with E-state index >= 15 is 0 Å². The zero-order valence-electron chi connectivity index (χ0n) is 14.4. The first-order valence-corrected chi connectivity index (χ1v) is 7.68. The maximum atomic E-state index is 11.8. The average molecular weight is 366 g/mol. The van der Waals surface area contributed by atoms with Gasteiger partial charge in [-0.2, -0.15) is 0 Å². The molecule has 0 aliphatic carbocycles. The molecule has 26 heavy (non-hydrogen) atoms. The second-order valence-corrected chi connectivity index (χ2v) is 5.13. The van der Waals surface area contributed by atoms with E-state index in [4.69, 9.17) is 19.7 Å². The third-order valence-electron chi connectivity index (χ3n) is 3.14. The summed E-state index contributed by atoms with van der Waals surface area (Å²) in [6.45, 7) is 3.01. The van der Waals surface area contributed by atoms with E-state index in [0.717, 1.165) is 5.56 Å². The highest BCUT2D eigenvalue weighted by molar-refractivity contribution is 5.89. The number of nitrogens with one attached hydrogen (secondary N) is 2. The Morgan fingerprint density at radius 1 is 1.23 bits per heavy atom. The summed E-state index contributed by atoms with van der Waals surface area (Å²) in [6.07, 6.45) is 0.814. The molecule has 0 aromatic heterocycles. The Bertz CT molecular complexity index is 686. The molecule has 9 heteroatoms. The third kappa shape index (κ3) is 7.14. The topological polar surface area (TPSA) is 137 Å². The maximum absolute atomic E-state index is 11.8. The number of hydrogen-bond acceptors (Lipinski definition) is 7. The second kappa shape index (κ2) is 10.6. The first-order valence-electron chi connectivity index (χ1n) is 7.68. The number of amides is 2. The van der Waals surface area contributed by atoms with E-state index in [1.165, 1.54) is 25.1 Å². The van der Waals surface area contributed by atoms with Crippen molar-refractivity contribution in [2.45, 2.75) is 20.0 Å². The van der Waals surface area contributed by atoms with Crippen LogP contribution in [0.2, 0.25) is 0 Å². The highest BCUT2D eigenvalue weighted by atomic mass is 16.6. The van der Waals surface area contributed by atoms with Gasteiger partial charge in [0.15, 0.2) is 11.9 Å². The lowest BCUT2D eigenvalue weighted by molar-refractivity contribution is 0.109. The van der Waals surface area contributed by atoms with Crippen LogP contribution in [0.15, 0.2) is 42.4 Å². The third-order valence-corrected chi connectivity index (χ3v) is 3.14. The molecule has 2 amide bonds. The highest BCUT2D eigenvalue weighted by Gasteiger charge is 2.14. The van der Waals surface area contributed by atoms with Crippen LogP contribution in [0.3, 0.4) is 0 Å². The number of carbonyl (C=O) groups is 2. The molecule has 1 atom stereocenters. The number of aliphatic hydroxyl groups excluding tert-OH is 3. The Hall–Kier alpha value is -3.20. The molecule has 0 bridgehead atoms. The molecule has 0 saturated carbocycles. The van der Waals surface area contributed by atoms with Gasteiger partial charge < -0.3 is 24.8 Å². The lowest BCUT2D eigenvalue weighted by Gasteiger charge is -2.14. The number of anilines is 2. The zero-order chi connectivity index (χ0) is 19.5. The normalized spacial score (nSPS) is 12.5. The SMILES string of the molecule is Cc1ccc(NC(=O)OC(C)/C(O)=C/O)cc1NC(=O)OCC=CCO. The summed E-state index contributed by atoms with van der Waals surface area (Å²) >= 11 is 0. The number of hydrogen-bond donors (Lipinski definition) is 5. The number of benzene rings is 1. The summed E-state index contributed by atoms with van der Waals surface area (Å²) in [5.74, 6) is -0.496. The quantitative estimate of drug-likeness (QED) is 0.369. The van der Waals surface area contributed by atoms with Crippen LogP contribution in [0.5, 0.6) is 0 Å². The summed E-state index contributed by atoms with van der Waals surface area (Å²) in [6, 6.07) is 4.78. The van der Waals surface area contributed by atoms with E-state index in [0.29, 0.717) is 17.6 Å². The fourth-order valence-electron chi connectivity index (χ4n) is 1.72. The van der Waals surface area contributed by atoms with Crippen molar-refractivity contribution in [3.63, 3.8) is 0 Å². The van der Waals surface area contributed by atoms with Crippen molar-refractivity contribution in [2.24, 2.45) is 0 Å². The second-order valence-electron chi connectivity index (χ2n) is 5.13. The molecule has 9 nitrogen and oxygen atoms in total. The minimum Gasteiger partial charge on any atom is -0.512 e. The Morgan fingerprint density at radius 2 is 1.96 bits per heavy atom. The maximum Gasteiger partial charge on any atom is 0.412 e. The van der Waals surface area contributed by atoms with Gasteiger partial charge in [-0.3, -0.25) is 10.6 Å². The van der Waals surface area contributed by atoms with Gasteiger partial charge >= 0.3 is 12.2 Å². The summed E-state index contributed by atoms with van der Waals surface area (Å²) in [5.41, 5.74) is 1.50. The Balaban J connectivity index is 2.67. The molecule has 0 heterocycles. The summed E-state index contributed by atoms with van der Waals surface area (Å²) in [7, 11) is 0. The fraction of sp³-hybridized carbons (Fsp3) is 0.294. The van der Waals surface area contributed by atoms with Crippen LogP contribution in [0, 0.1) is 6.92 Å². The van der Waals surface area contributed by atoms with Gasteiger partial charge in [0.1, 0.15) is 12.9 Å². The smallest absolute Gasteiger partial charge is 0.412 e. The lowest BCUT2D eigenvalue weighted by Crippen LogP contribution is -2.22. The minimum atomic E-state index is -1.02. The Labute approximate surface area is 150 Å². The predicted molar refractivity (Wildman–Crippen MR) is 95.3 cm³/mol. The van der Waals surface area contributed by atoms with E-state index < -0.39 is 24.0 Å². The van der Waals surface area contributed by atoms with Crippen LogP contribution in [0.25, 0.3) is 0 Å². The zero-order valence-corrected chi connectivity index (χ0v) is 14.4. The summed E-state index contributed by atoms with van der Waals surface area (Å²) in [4.78, 5) is 23.5. The van der Waals surface area contributed by atoms with Crippen LogP contribution in [0.1, 0.15) is 12.5 Å². The van der Waals surface area contributed by atoms with E-state index in [1.807, 2.05) is 0 Å². The number of aryl methyl sites for hydroxylation is 1. The van der Waals surface area contributed by atoms with E-state index in [9.17, 15) is 14.7 Å². The largest absolute Gasteiger partial charge is 0.512 e. The van der Waals surface area contributed by atoms with Crippen LogP contribution in [-0.4, -0.2) is 46.8 Å². The molecule has 1 rings (SSSR count). The van der Waals surface area contributed by atoms with Crippen LogP contribution < -0.4 is 10.6 Å². The van der Waals surface area contributed by atoms with Gasteiger partial charge in [0.05, 0.1) is 6.61 Å². The molecule has 0 radical (unpaired) electrons. The molecule has 0 aliphatic rings. The molecule has 0 saturated heterocycles. The van der Waals surface area contributed by atoms with Crippen molar-refractivity contribution in [2.75, 3.05) is 23.8 Å². The molecule has 1 unspecified atom stereocenters.